The minimum atomic E-state index is -2.99. The van der Waals surface area contributed by atoms with Crippen LogP contribution >= 0.6 is 22.6 Å². The number of benzene rings is 1. The van der Waals surface area contributed by atoms with Gasteiger partial charge in [0.15, 0.2) is 0 Å². The summed E-state index contributed by atoms with van der Waals surface area (Å²) in [6, 6.07) is 10.7. The first-order chi connectivity index (χ1) is 12.9. The van der Waals surface area contributed by atoms with E-state index in [1.807, 2.05) is 18.2 Å². The molecule has 2 amide bonds. The average molecular weight is 483 g/mol. The van der Waals surface area contributed by atoms with Crippen molar-refractivity contribution in [2.75, 3.05) is 11.9 Å². The molecule has 0 aliphatic rings. The maximum absolute atomic E-state index is 13.3. The summed E-state index contributed by atoms with van der Waals surface area (Å²) in [5, 5.41) is 5.25. The van der Waals surface area contributed by atoms with Gasteiger partial charge in [-0.1, -0.05) is 18.2 Å². The van der Waals surface area contributed by atoms with E-state index in [9.17, 15) is 13.6 Å². The third-order valence-corrected chi connectivity index (χ3v) is 4.30. The molecule has 0 radical (unpaired) electrons. The number of hydrogen-bond acceptors (Lipinski definition) is 3. The number of halogens is 3. The van der Waals surface area contributed by atoms with Crippen molar-refractivity contribution in [2.45, 2.75) is 10.4 Å². The van der Waals surface area contributed by atoms with Crippen molar-refractivity contribution in [1.82, 2.24) is 19.9 Å². The number of carbonyl (C=O) groups excluding carboxylic acids is 1. The Morgan fingerprint density at radius 3 is 2.78 bits per heavy atom. The highest BCUT2D eigenvalue weighted by molar-refractivity contribution is 14.1. The molecule has 0 saturated heterocycles. The first-order valence-corrected chi connectivity index (χ1v) is 9.16. The molecule has 3 aromatic rings. The summed E-state index contributed by atoms with van der Waals surface area (Å²) < 4.78 is 25.5. The van der Waals surface area contributed by atoms with Gasteiger partial charge in [0.1, 0.15) is 12.1 Å². The van der Waals surface area contributed by atoms with E-state index in [-0.39, 0.29) is 5.56 Å². The van der Waals surface area contributed by atoms with Crippen LogP contribution in [0.4, 0.5) is 19.3 Å². The number of nitrogens with zero attached hydrogens (tertiary/aromatic N) is 3. The summed E-state index contributed by atoms with van der Waals surface area (Å²) in [7, 11) is 0. The van der Waals surface area contributed by atoms with Gasteiger partial charge in [0.2, 0.25) is 0 Å². The zero-order valence-corrected chi connectivity index (χ0v) is 16.2. The van der Waals surface area contributed by atoms with Crippen LogP contribution in [0, 0.1) is 0 Å². The highest BCUT2D eigenvalue weighted by Gasteiger charge is 2.26. The lowest BCUT2D eigenvalue weighted by Crippen LogP contribution is -2.30. The Bertz CT molecular complexity index is 912. The quantitative estimate of drug-likeness (QED) is 0.410. The van der Waals surface area contributed by atoms with Gasteiger partial charge >= 0.3 is 9.96 Å². The molecule has 0 saturated carbocycles. The minimum absolute atomic E-state index is 0.165. The van der Waals surface area contributed by atoms with Gasteiger partial charge in [-0.05, 0) is 24.3 Å². The molecule has 0 atom stereocenters. The van der Waals surface area contributed by atoms with Crippen LogP contribution in [0.1, 0.15) is 11.3 Å². The predicted molar refractivity (Wildman–Crippen MR) is 106 cm³/mol. The van der Waals surface area contributed by atoms with E-state index in [0.29, 0.717) is 18.7 Å². The van der Waals surface area contributed by atoms with E-state index < -0.39 is 9.96 Å². The molecule has 0 unspecified atom stereocenters. The topological polar surface area (TPSA) is 71.8 Å². The van der Waals surface area contributed by atoms with Crippen LogP contribution in [0.3, 0.4) is 0 Å². The van der Waals surface area contributed by atoms with Crippen molar-refractivity contribution in [3.05, 3.63) is 72.4 Å². The van der Waals surface area contributed by atoms with E-state index in [2.05, 4.69) is 20.6 Å². The van der Waals surface area contributed by atoms with Crippen LogP contribution in [0.15, 0.2) is 61.2 Å². The molecule has 9 heteroatoms. The van der Waals surface area contributed by atoms with Gasteiger partial charge in [0.05, 0.1) is 0 Å². The van der Waals surface area contributed by atoms with Crippen LogP contribution in [0.2, 0.25) is 0 Å². The molecule has 140 valence electrons. The molecule has 2 heterocycles. The van der Waals surface area contributed by atoms with Gasteiger partial charge in [-0.2, -0.15) is 8.78 Å². The Morgan fingerprint density at radius 2 is 2.04 bits per heavy atom. The summed E-state index contributed by atoms with van der Waals surface area (Å²) in [6.45, 7) is 0.356. The zero-order chi connectivity index (χ0) is 19.3. The lowest BCUT2D eigenvalue weighted by Gasteiger charge is -2.12. The van der Waals surface area contributed by atoms with Crippen LogP contribution in [-0.4, -0.2) is 27.1 Å². The molecule has 0 fully saturated rings. The Labute approximate surface area is 168 Å². The maximum Gasteiger partial charge on any atom is 0.321 e. The van der Waals surface area contributed by atoms with Crippen LogP contribution in [0.25, 0.3) is 5.82 Å². The van der Waals surface area contributed by atoms with E-state index >= 15 is 0 Å². The number of rotatable bonds is 6. The number of amides is 2. The second kappa shape index (κ2) is 8.42. The number of urea groups is 1. The zero-order valence-electron chi connectivity index (χ0n) is 14.1. The number of hydrogen-bond donors (Lipinski definition) is 2. The second-order valence-corrected chi connectivity index (χ2v) is 7.02. The van der Waals surface area contributed by atoms with E-state index in [1.165, 1.54) is 18.2 Å². The fraction of sp³-hybridized carbons (Fsp3) is 0.167. The van der Waals surface area contributed by atoms with E-state index in [0.717, 1.165) is 34.1 Å². The SMILES string of the molecule is O=C(NCCc1cccc(-n2ccnc2)n1)Nc1cccc(C(F)(F)I)c1. The number of imidazole rings is 1. The molecule has 6 nitrogen and oxygen atoms in total. The van der Waals surface area contributed by atoms with Crippen LogP contribution in [-0.2, 0) is 10.4 Å². The van der Waals surface area contributed by atoms with Crippen molar-refractivity contribution in [2.24, 2.45) is 0 Å². The molecule has 0 bridgehead atoms. The smallest absolute Gasteiger partial charge is 0.321 e. The van der Waals surface area contributed by atoms with Crippen molar-refractivity contribution in [1.29, 1.82) is 0 Å². The molecule has 2 N–H and O–H groups in total. The van der Waals surface area contributed by atoms with Crippen molar-refractivity contribution in [3.8, 4) is 5.82 Å². The summed E-state index contributed by atoms with van der Waals surface area (Å²) in [6.07, 6.45) is 5.65. The number of pyridine rings is 1. The Kier molecular flexibility index (Phi) is 5.99. The average Bonchev–Trinajstić information content (AvgIpc) is 3.16. The van der Waals surface area contributed by atoms with Gasteiger partial charge in [-0.25, -0.2) is 14.8 Å². The minimum Gasteiger partial charge on any atom is -0.337 e. The van der Waals surface area contributed by atoms with Crippen molar-refractivity contribution in [3.63, 3.8) is 0 Å². The predicted octanol–water partition coefficient (Wildman–Crippen LogP) is 4.12. The molecular formula is C18H16F2IN5O. The standard InChI is InChI=1S/C18H16F2IN5O/c19-18(20,21)13-3-1-5-15(11-13)25-17(27)23-8-7-14-4-2-6-16(24-14)26-10-9-22-12-26/h1-6,9-12H,7-8H2,(H2,23,25,27). The molecule has 0 spiro atoms. The van der Waals surface area contributed by atoms with Gasteiger partial charge in [-0.15, -0.1) is 0 Å². The molecule has 3 rings (SSSR count). The molecule has 0 aliphatic heterocycles. The van der Waals surface area contributed by atoms with E-state index in [4.69, 9.17) is 0 Å². The van der Waals surface area contributed by atoms with Crippen LogP contribution < -0.4 is 10.6 Å². The first-order valence-electron chi connectivity index (χ1n) is 8.08. The molecule has 27 heavy (non-hydrogen) atoms. The van der Waals surface area contributed by atoms with Gasteiger partial charge < -0.3 is 10.6 Å². The van der Waals surface area contributed by atoms with Crippen molar-refractivity contribution < 1.29 is 13.6 Å². The lowest BCUT2D eigenvalue weighted by atomic mass is 10.2. The fourth-order valence-corrected chi connectivity index (χ4v) is 2.73. The molecule has 1 aromatic carbocycles. The molecular weight excluding hydrogens is 467 g/mol. The number of aromatic nitrogens is 3. The lowest BCUT2D eigenvalue weighted by molar-refractivity contribution is 0.127. The summed E-state index contributed by atoms with van der Waals surface area (Å²) in [4.78, 5) is 20.5. The molecule has 2 aromatic heterocycles. The Balaban J connectivity index is 1.52. The maximum atomic E-state index is 13.3. The highest BCUT2D eigenvalue weighted by atomic mass is 127. The molecule has 0 aliphatic carbocycles. The monoisotopic (exact) mass is 483 g/mol. The third kappa shape index (κ3) is 5.46. The fourth-order valence-electron chi connectivity index (χ4n) is 2.40. The normalized spacial score (nSPS) is 11.2. The second-order valence-electron chi connectivity index (χ2n) is 5.67. The largest absolute Gasteiger partial charge is 0.337 e. The van der Waals surface area contributed by atoms with E-state index in [1.54, 1.807) is 29.4 Å². The third-order valence-electron chi connectivity index (χ3n) is 3.68. The van der Waals surface area contributed by atoms with Crippen molar-refractivity contribution >= 4 is 34.3 Å². The van der Waals surface area contributed by atoms with Gasteiger partial charge in [-0.3, -0.25) is 4.57 Å². The van der Waals surface area contributed by atoms with Crippen LogP contribution in [0.5, 0.6) is 0 Å². The highest BCUT2D eigenvalue weighted by Crippen LogP contribution is 2.35. The number of nitrogens with one attached hydrogen (secondary N) is 2. The van der Waals surface area contributed by atoms with Gasteiger partial charge in [0.25, 0.3) is 0 Å². The van der Waals surface area contributed by atoms with Gasteiger partial charge in [0, 0.05) is 64.9 Å². The summed E-state index contributed by atoms with van der Waals surface area (Å²) >= 11 is 1.05. The Morgan fingerprint density at radius 1 is 1.22 bits per heavy atom. The number of carbonyl (C=O) groups is 1. The number of anilines is 1. The first kappa shape index (κ1) is 19.2. The Hall–Kier alpha value is -2.56. The summed E-state index contributed by atoms with van der Waals surface area (Å²) in [5.41, 5.74) is 0.955. The summed E-state index contributed by atoms with van der Waals surface area (Å²) in [5.74, 6) is 0.742. The number of alkyl halides is 3.